The van der Waals surface area contributed by atoms with E-state index in [1.807, 2.05) is 43.6 Å². The summed E-state index contributed by atoms with van der Waals surface area (Å²) < 4.78 is 1.98. The lowest BCUT2D eigenvalue weighted by Gasteiger charge is -2.08. The number of benzene rings is 1. The fraction of sp³-hybridized carbons (Fsp3) is 0.357. The van der Waals surface area contributed by atoms with E-state index in [0.29, 0.717) is 12.1 Å². The summed E-state index contributed by atoms with van der Waals surface area (Å²) in [7, 11) is 5.67. The van der Waals surface area contributed by atoms with Crippen LogP contribution in [-0.2, 0) is 7.05 Å². The molecule has 1 aromatic heterocycles. The number of fused-ring (bicyclic) bond motifs is 1. The highest BCUT2D eigenvalue weighted by Gasteiger charge is 2.19. The van der Waals surface area contributed by atoms with E-state index in [-0.39, 0.29) is 11.5 Å². The van der Waals surface area contributed by atoms with Crippen LogP contribution in [0.15, 0.2) is 18.2 Å². The molecule has 0 amide bonds. The van der Waals surface area contributed by atoms with Crippen LogP contribution in [0, 0.1) is 6.92 Å². The van der Waals surface area contributed by atoms with Gasteiger partial charge in [-0.2, -0.15) is 0 Å². The van der Waals surface area contributed by atoms with Gasteiger partial charge < -0.3 is 14.6 Å². The number of hydrogen-bond acceptors (Lipinski definition) is 3. The molecule has 0 fully saturated rings. The van der Waals surface area contributed by atoms with Crippen LogP contribution in [0.4, 0.5) is 0 Å². The molecular weight excluding hydrogens is 228 g/mol. The number of aromatic nitrogens is 1. The van der Waals surface area contributed by atoms with Gasteiger partial charge in [0, 0.05) is 29.2 Å². The first-order valence-electron chi connectivity index (χ1n) is 5.87. The number of aryl methyl sites for hydroxylation is 1. The van der Waals surface area contributed by atoms with E-state index in [9.17, 15) is 9.90 Å². The molecule has 4 heteroatoms. The number of hydrogen-bond donors (Lipinski definition) is 1. The van der Waals surface area contributed by atoms with Crippen LogP contribution in [0.5, 0.6) is 5.75 Å². The number of phenolic OH excluding ortho intramolecular Hbond substituents is 1. The molecule has 0 atom stereocenters. The highest BCUT2D eigenvalue weighted by molar-refractivity contribution is 6.10. The second-order valence-corrected chi connectivity index (χ2v) is 4.88. The molecule has 0 spiro atoms. The minimum absolute atomic E-state index is 0.0775. The van der Waals surface area contributed by atoms with E-state index in [0.717, 1.165) is 16.6 Å². The molecule has 0 saturated heterocycles. The number of likely N-dealkylation sites (N-methyl/N-ethyl adjacent to an activating group) is 1. The van der Waals surface area contributed by atoms with Crippen LogP contribution in [0.2, 0.25) is 0 Å². The van der Waals surface area contributed by atoms with Crippen molar-refractivity contribution >= 4 is 16.7 Å². The quantitative estimate of drug-likeness (QED) is 0.842. The Hall–Kier alpha value is -1.81. The number of Topliss-reactive ketones (excluding diaryl/α,β-unsaturated/α-hetero) is 1. The maximum atomic E-state index is 12.3. The number of carbonyl (C=O) groups excluding carboxylic acids is 1. The van der Waals surface area contributed by atoms with Crippen molar-refractivity contribution in [1.82, 2.24) is 9.47 Å². The maximum Gasteiger partial charge on any atom is 0.179 e. The monoisotopic (exact) mass is 246 g/mol. The van der Waals surface area contributed by atoms with Crippen molar-refractivity contribution in [2.24, 2.45) is 7.05 Å². The number of nitrogens with zero attached hydrogens (tertiary/aromatic N) is 2. The van der Waals surface area contributed by atoms with Crippen LogP contribution in [0.25, 0.3) is 10.9 Å². The largest absolute Gasteiger partial charge is 0.508 e. The Bertz CT molecular complexity index is 612. The van der Waals surface area contributed by atoms with E-state index in [1.54, 1.807) is 12.1 Å². The van der Waals surface area contributed by atoms with Crippen molar-refractivity contribution in [3.8, 4) is 5.75 Å². The van der Waals surface area contributed by atoms with Crippen molar-refractivity contribution in [3.63, 3.8) is 0 Å². The van der Waals surface area contributed by atoms with Crippen LogP contribution in [-0.4, -0.2) is 41.0 Å². The summed E-state index contributed by atoms with van der Waals surface area (Å²) in [6.45, 7) is 2.30. The van der Waals surface area contributed by atoms with Gasteiger partial charge in [-0.05, 0) is 39.2 Å². The summed E-state index contributed by atoms with van der Waals surface area (Å²) in [5.41, 5.74) is 2.60. The molecule has 2 rings (SSSR count). The molecule has 0 bridgehead atoms. The first kappa shape index (κ1) is 12.6. The van der Waals surface area contributed by atoms with Crippen LogP contribution in [0.3, 0.4) is 0 Å². The summed E-state index contributed by atoms with van der Waals surface area (Å²) in [5, 5.41) is 10.4. The molecular formula is C14H18N2O2. The smallest absolute Gasteiger partial charge is 0.179 e. The summed E-state index contributed by atoms with van der Waals surface area (Å²) in [6, 6.07) is 5.14. The van der Waals surface area contributed by atoms with Gasteiger partial charge in [-0.25, -0.2) is 0 Å². The number of phenols is 1. The van der Waals surface area contributed by atoms with Gasteiger partial charge in [0.1, 0.15) is 5.75 Å². The summed E-state index contributed by atoms with van der Waals surface area (Å²) in [5.74, 6) is 0.265. The van der Waals surface area contributed by atoms with Crippen molar-refractivity contribution in [1.29, 1.82) is 0 Å². The Morgan fingerprint density at radius 2 is 2.06 bits per heavy atom. The first-order chi connectivity index (χ1) is 8.41. The molecule has 4 nitrogen and oxygen atoms in total. The molecule has 1 heterocycles. The van der Waals surface area contributed by atoms with E-state index < -0.39 is 0 Å². The third-order valence-corrected chi connectivity index (χ3v) is 3.21. The second-order valence-electron chi connectivity index (χ2n) is 4.88. The van der Waals surface area contributed by atoms with Crippen molar-refractivity contribution < 1.29 is 9.90 Å². The third-order valence-electron chi connectivity index (χ3n) is 3.21. The van der Waals surface area contributed by atoms with E-state index in [1.165, 1.54) is 0 Å². The maximum absolute atomic E-state index is 12.3. The van der Waals surface area contributed by atoms with Crippen molar-refractivity contribution in [2.45, 2.75) is 6.92 Å². The Morgan fingerprint density at radius 3 is 2.67 bits per heavy atom. The molecule has 0 aliphatic rings. The minimum Gasteiger partial charge on any atom is -0.508 e. The first-order valence-corrected chi connectivity index (χ1v) is 5.87. The fourth-order valence-electron chi connectivity index (χ4n) is 2.28. The molecule has 0 aliphatic heterocycles. The van der Waals surface area contributed by atoms with Crippen LogP contribution < -0.4 is 0 Å². The molecule has 18 heavy (non-hydrogen) atoms. The third kappa shape index (κ3) is 1.99. The van der Waals surface area contributed by atoms with E-state index in [2.05, 4.69) is 0 Å². The highest BCUT2D eigenvalue weighted by Crippen LogP contribution is 2.28. The fourth-order valence-corrected chi connectivity index (χ4v) is 2.28. The molecule has 96 valence electrons. The molecule has 2 aromatic rings. The summed E-state index contributed by atoms with van der Waals surface area (Å²) in [6.07, 6.45) is 0. The average molecular weight is 246 g/mol. The topological polar surface area (TPSA) is 45.5 Å². The lowest BCUT2D eigenvalue weighted by Crippen LogP contribution is -2.22. The van der Waals surface area contributed by atoms with Crippen LogP contribution >= 0.6 is 0 Å². The Labute approximate surface area is 106 Å². The molecule has 0 aliphatic carbocycles. The number of ketones is 1. The zero-order valence-corrected chi connectivity index (χ0v) is 11.2. The van der Waals surface area contributed by atoms with Gasteiger partial charge in [0.05, 0.1) is 6.54 Å². The summed E-state index contributed by atoms with van der Waals surface area (Å²) >= 11 is 0. The normalized spacial score (nSPS) is 11.4. The molecule has 1 aromatic carbocycles. The van der Waals surface area contributed by atoms with Crippen molar-refractivity contribution in [2.75, 3.05) is 20.6 Å². The lowest BCUT2D eigenvalue weighted by atomic mass is 10.1. The predicted molar refractivity (Wildman–Crippen MR) is 72.2 cm³/mol. The minimum atomic E-state index is 0.0775. The predicted octanol–water partition coefficient (Wildman–Crippen LogP) is 1.94. The van der Waals surface area contributed by atoms with Gasteiger partial charge >= 0.3 is 0 Å². The number of rotatable bonds is 3. The number of aromatic hydroxyl groups is 1. The standard InChI is InChI=1S/C14H18N2O2/c1-9-14(13(18)8-15(2)3)11-7-10(17)5-6-12(11)16(9)4/h5-7,17H,8H2,1-4H3. The van der Waals surface area contributed by atoms with Gasteiger partial charge in [0.2, 0.25) is 0 Å². The van der Waals surface area contributed by atoms with E-state index in [4.69, 9.17) is 0 Å². The van der Waals surface area contributed by atoms with Crippen LogP contribution in [0.1, 0.15) is 16.1 Å². The Balaban J connectivity index is 2.65. The highest BCUT2D eigenvalue weighted by atomic mass is 16.3. The molecule has 0 saturated carbocycles. The molecule has 0 radical (unpaired) electrons. The Kier molecular flexibility index (Phi) is 3.13. The number of carbonyl (C=O) groups is 1. The van der Waals surface area contributed by atoms with Crippen molar-refractivity contribution in [3.05, 3.63) is 29.5 Å². The van der Waals surface area contributed by atoms with Gasteiger partial charge in [-0.3, -0.25) is 4.79 Å². The SMILES string of the molecule is Cc1c(C(=O)CN(C)C)c2cc(O)ccc2n1C. The molecule has 0 unspecified atom stereocenters. The Morgan fingerprint density at radius 1 is 1.39 bits per heavy atom. The van der Waals surface area contributed by atoms with Gasteiger partial charge in [0.15, 0.2) is 5.78 Å². The zero-order chi connectivity index (χ0) is 13.4. The summed E-state index contributed by atoms with van der Waals surface area (Å²) in [4.78, 5) is 14.1. The average Bonchev–Trinajstić information content (AvgIpc) is 2.50. The second kappa shape index (κ2) is 4.46. The molecule has 1 N–H and O–H groups in total. The van der Waals surface area contributed by atoms with E-state index >= 15 is 0 Å². The van der Waals surface area contributed by atoms with Gasteiger partial charge in [0.25, 0.3) is 0 Å². The lowest BCUT2D eigenvalue weighted by molar-refractivity contribution is 0.0958. The van der Waals surface area contributed by atoms with Gasteiger partial charge in [-0.15, -0.1) is 0 Å². The zero-order valence-electron chi connectivity index (χ0n) is 11.2. The van der Waals surface area contributed by atoms with Gasteiger partial charge in [-0.1, -0.05) is 0 Å².